The van der Waals surface area contributed by atoms with Gasteiger partial charge in [0.1, 0.15) is 0 Å². The lowest BCUT2D eigenvalue weighted by Gasteiger charge is -2.20. The molecule has 3 N–H and O–H groups in total. The molecule has 0 saturated carbocycles. The van der Waals surface area contributed by atoms with E-state index in [-0.39, 0.29) is 0 Å². The van der Waals surface area contributed by atoms with Crippen molar-refractivity contribution in [2.45, 2.75) is 19.9 Å². The van der Waals surface area contributed by atoms with E-state index in [0.717, 1.165) is 25.1 Å². The zero-order valence-electron chi connectivity index (χ0n) is 9.85. The first-order valence-electron chi connectivity index (χ1n) is 5.39. The third-order valence-electron chi connectivity index (χ3n) is 2.12. The van der Waals surface area contributed by atoms with Gasteiger partial charge in [0.05, 0.1) is 0 Å². The minimum Gasteiger partial charge on any atom is -0.341 e. The van der Waals surface area contributed by atoms with Crippen LogP contribution in [0.15, 0.2) is 29.5 Å². The van der Waals surface area contributed by atoms with Crippen LogP contribution in [0.2, 0.25) is 0 Å². The Balaban J connectivity index is 2.59. The van der Waals surface area contributed by atoms with E-state index in [0.29, 0.717) is 5.96 Å². The van der Waals surface area contributed by atoms with Crippen LogP contribution in [0.1, 0.15) is 18.9 Å². The first kappa shape index (κ1) is 12.4. The molecule has 5 nitrogen and oxygen atoms in total. The molecule has 0 unspecified atom stereocenters. The van der Waals surface area contributed by atoms with Crippen LogP contribution >= 0.6 is 0 Å². The number of rotatable bonds is 4. The fourth-order valence-corrected chi connectivity index (χ4v) is 1.33. The van der Waals surface area contributed by atoms with Crippen LogP contribution in [0.4, 0.5) is 0 Å². The van der Waals surface area contributed by atoms with Crippen molar-refractivity contribution >= 4 is 5.96 Å². The molecule has 5 heteroatoms. The van der Waals surface area contributed by atoms with Crippen molar-refractivity contribution in [1.29, 1.82) is 0 Å². The number of hydrogen-bond acceptors (Lipinski definition) is 3. The van der Waals surface area contributed by atoms with Crippen molar-refractivity contribution in [3.05, 3.63) is 30.1 Å². The Morgan fingerprint density at radius 1 is 1.62 bits per heavy atom. The van der Waals surface area contributed by atoms with Gasteiger partial charge in [-0.3, -0.25) is 15.4 Å². The number of guanidine groups is 1. The molecule has 0 aliphatic rings. The van der Waals surface area contributed by atoms with Gasteiger partial charge in [-0.05, 0) is 18.1 Å². The van der Waals surface area contributed by atoms with Gasteiger partial charge in [0.15, 0.2) is 0 Å². The summed E-state index contributed by atoms with van der Waals surface area (Å²) in [6.45, 7) is 3.59. The van der Waals surface area contributed by atoms with Gasteiger partial charge < -0.3 is 4.90 Å². The summed E-state index contributed by atoms with van der Waals surface area (Å²) in [6.07, 6.45) is 4.60. The Morgan fingerprint density at radius 3 is 3.00 bits per heavy atom. The Kier molecular flexibility index (Phi) is 5.28. The molecule has 0 atom stereocenters. The van der Waals surface area contributed by atoms with Gasteiger partial charge in [0.2, 0.25) is 5.96 Å². The van der Waals surface area contributed by atoms with E-state index in [4.69, 9.17) is 5.84 Å². The van der Waals surface area contributed by atoms with Crippen LogP contribution in [-0.4, -0.2) is 29.4 Å². The van der Waals surface area contributed by atoms with E-state index in [9.17, 15) is 0 Å². The Morgan fingerprint density at radius 2 is 2.44 bits per heavy atom. The first-order chi connectivity index (χ1) is 7.77. The van der Waals surface area contributed by atoms with Crippen molar-refractivity contribution in [2.24, 2.45) is 10.8 Å². The molecule has 0 fully saturated rings. The highest BCUT2D eigenvalue weighted by Gasteiger charge is 2.04. The maximum atomic E-state index is 5.43. The summed E-state index contributed by atoms with van der Waals surface area (Å²) in [7, 11) is 1.95. The fourth-order valence-electron chi connectivity index (χ4n) is 1.33. The monoisotopic (exact) mass is 221 g/mol. The van der Waals surface area contributed by atoms with E-state index >= 15 is 0 Å². The number of aliphatic imine (C=N–C) groups is 1. The van der Waals surface area contributed by atoms with Crippen LogP contribution in [0.25, 0.3) is 0 Å². The zero-order valence-corrected chi connectivity index (χ0v) is 9.85. The SMILES string of the molecule is CCCN=C(NN)N(C)Cc1cccnc1. The van der Waals surface area contributed by atoms with E-state index in [1.54, 1.807) is 6.20 Å². The topological polar surface area (TPSA) is 66.5 Å². The largest absolute Gasteiger partial charge is 0.341 e. The highest BCUT2D eigenvalue weighted by molar-refractivity contribution is 5.79. The highest BCUT2D eigenvalue weighted by atomic mass is 15.4. The summed E-state index contributed by atoms with van der Waals surface area (Å²) < 4.78 is 0. The van der Waals surface area contributed by atoms with Crippen molar-refractivity contribution < 1.29 is 0 Å². The van der Waals surface area contributed by atoms with Gasteiger partial charge in [-0.2, -0.15) is 0 Å². The van der Waals surface area contributed by atoms with E-state index < -0.39 is 0 Å². The number of nitrogens with one attached hydrogen (secondary N) is 1. The molecule has 1 aromatic heterocycles. The summed E-state index contributed by atoms with van der Waals surface area (Å²) in [6, 6.07) is 3.94. The minimum absolute atomic E-state index is 0.700. The summed E-state index contributed by atoms with van der Waals surface area (Å²) in [5.74, 6) is 6.13. The Bertz CT molecular complexity index is 322. The van der Waals surface area contributed by atoms with Gasteiger partial charge in [0, 0.05) is 32.5 Å². The lowest BCUT2D eigenvalue weighted by atomic mass is 10.3. The average molecular weight is 221 g/mol. The van der Waals surface area contributed by atoms with Crippen LogP contribution in [0, 0.1) is 0 Å². The fraction of sp³-hybridized carbons (Fsp3) is 0.455. The molecule has 0 saturated heterocycles. The van der Waals surface area contributed by atoms with Crippen molar-refractivity contribution in [2.75, 3.05) is 13.6 Å². The van der Waals surface area contributed by atoms with Crippen molar-refractivity contribution in [1.82, 2.24) is 15.3 Å². The first-order valence-corrected chi connectivity index (χ1v) is 5.39. The molecule has 0 aliphatic carbocycles. The molecule has 0 aliphatic heterocycles. The van der Waals surface area contributed by atoms with Crippen LogP contribution in [-0.2, 0) is 6.54 Å². The smallest absolute Gasteiger partial charge is 0.208 e. The predicted octanol–water partition coefficient (Wildman–Crippen LogP) is 0.743. The summed E-state index contributed by atoms with van der Waals surface area (Å²) >= 11 is 0. The van der Waals surface area contributed by atoms with Crippen LogP contribution < -0.4 is 11.3 Å². The van der Waals surface area contributed by atoms with Crippen LogP contribution in [0.3, 0.4) is 0 Å². The van der Waals surface area contributed by atoms with Crippen molar-refractivity contribution in [3.63, 3.8) is 0 Å². The highest BCUT2D eigenvalue weighted by Crippen LogP contribution is 2.00. The molecule has 1 rings (SSSR count). The molecule has 0 radical (unpaired) electrons. The van der Waals surface area contributed by atoms with Gasteiger partial charge >= 0.3 is 0 Å². The predicted molar refractivity (Wildman–Crippen MR) is 65.6 cm³/mol. The number of nitrogens with zero attached hydrogens (tertiary/aromatic N) is 3. The molecule has 16 heavy (non-hydrogen) atoms. The maximum Gasteiger partial charge on any atom is 0.208 e. The normalized spacial score (nSPS) is 11.3. The second kappa shape index (κ2) is 6.79. The van der Waals surface area contributed by atoms with E-state index in [1.165, 1.54) is 0 Å². The van der Waals surface area contributed by atoms with Crippen LogP contribution in [0.5, 0.6) is 0 Å². The molecule has 0 amide bonds. The number of hydrazine groups is 1. The van der Waals surface area contributed by atoms with Gasteiger partial charge in [0.25, 0.3) is 0 Å². The van der Waals surface area contributed by atoms with Gasteiger partial charge in [-0.1, -0.05) is 13.0 Å². The van der Waals surface area contributed by atoms with Gasteiger partial charge in [-0.15, -0.1) is 0 Å². The number of aromatic nitrogens is 1. The minimum atomic E-state index is 0.700. The van der Waals surface area contributed by atoms with Gasteiger partial charge in [-0.25, -0.2) is 5.84 Å². The summed E-state index contributed by atoms with van der Waals surface area (Å²) in [5.41, 5.74) is 3.74. The molecule has 0 spiro atoms. The number of nitrogens with two attached hydrogens (primary N) is 1. The Labute approximate surface area is 96.4 Å². The molecular formula is C11H19N5. The molecule has 88 valence electrons. The third-order valence-corrected chi connectivity index (χ3v) is 2.12. The molecule has 1 heterocycles. The molecule has 0 bridgehead atoms. The second-order valence-electron chi connectivity index (χ2n) is 3.57. The quantitative estimate of drug-likeness (QED) is 0.341. The van der Waals surface area contributed by atoms with Crippen molar-refractivity contribution in [3.8, 4) is 0 Å². The van der Waals surface area contributed by atoms with E-state index in [2.05, 4.69) is 22.3 Å². The number of pyridine rings is 1. The zero-order chi connectivity index (χ0) is 11.8. The summed E-state index contributed by atoms with van der Waals surface area (Å²) in [4.78, 5) is 10.4. The van der Waals surface area contributed by atoms with E-state index in [1.807, 2.05) is 30.3 Å². The maximum absolute atomic E-state index is 5.43. The Hall–Kier alpha value is -1.62. The standard InChI is InChI=1S/C11H19N5/c1-3-6-14-11(15-12)16(2)9-10-5-4-7-13-8-10/h4-5,7-8H,3,6,9,12H2,1-2H3,(H,14,15). The average Bonchev–Trinajstić information content (AvgIpc) is 2.31. The number of hydrogen-bond donors (Lipinski definition) is 2. The second-order valence-corrected chi connectivity index (χ2v) is 3.57. The lowest BCUT2D eigenvalue weighted by molar-refractivity contribution is 0.476. The third kappa shape index (κ3) is 3.86. The summed E-state index contributed by atoms with van der Waals surface area (Å²) in [5, 5.41) is 0. The molecule has 0 aromatic carbocycles. The molecular weight excluding hydrogens is 202 g/mol. The lowest BCUT2D eigenvalue weighted by Crippen LogP contribution is -2.42. The molecule has 1 aromatic rings.